The van der Waals surface area contributed by atoms with Gasteiger partial charge in [-0.3, -0.25) is 9.59 Å². The van der Waals surface area contributed by atoms with Gasteiger partial charge in [0.05, 0.1) is 31.5 Å². The molecule has 0 saturated heterocycles. The highest BCUT2D eigenvalue weighted by Crippen LogP contribution is 2.29. The molecule has 1 N–H and O–H groups in total. The minimum absolute atomic E-state index is 0.225. The van der Waals surface area contributed by atoms with Crippen LogP contribution in [0.4, 0.5) is 0 Å². The summed E-state index contributed by atoms with van der Waals surface area (Å²) in [5, 5.41) is 9.32. The Morgan fingerprint density at radius 1 is 1.25 bits per heavy atom. The Hall–Kier alpha value is -2.50. The molecule has 0 aliphatic heterocycles. The third kappa shape index (κ3) is 2.32. The van der Waals surface area contributed by atoms with Crippen LogP contribution in [0.1, 0.15) is 5.69 Å². The number of rotatable bonds is 4. The van der Waals surface area contributed by atoms with Gasteiger partial charge in [-0.05, 0) is 6.07 Å². The number of aryl methyl sites for hydroxylation is 1. The first-order chi connectivity index (χ1) is 9.47. The highest BCUT2D eigenvalue weighted by atomic mass is 16.5. The van der Waals surface area contributed by atoms with E-state index in [1.807, 2.05) is 0 Å². The number of aliphatic carboxylic acids is 1. The predicted octanol–water partition coefficient (Wildman–Crippen LogP) is 1.18. The Morgan fingerprint density at radius 2 is 1.95 bits per heavy atom. The number of aromatic nitrogens is 1. The van der Waals surface area contributed by atoms with Crippen molar-refractivity contribution < 1.29 is 19.4 Å². The molecular weight excluding hydrogens is 262 g/mol. The first-order valence-electron chi connectivity index (χ1n) is 5.94. The van der Waals surface area contributed by atoms with Crippen molar-refractivity contribution in [3.63, 3.8) is 0 Å². The summed E-state index contributed by atoms with van der Waals surface area (Å²) in [6.45, 7) is 0. The zero-order valence-corrected chi connectivity index (χ0v) is 11.5. The monoisotopic (exact) mass is 277 g/mol. The molecule has 2 rings (SSSR count). The van der Waals surface area contributed by atoms with Crippen molar-refractivity contribution in [1.29, 1.82) is 0 Å². The van der Waals surface area contributed by atoms with E-state index in [9.17, 15) is 9.59 Å². The third-order valence-electron chi connectivity index (χ3n) is 3.17. The molecular formula is C14H15NO5. The molecule has 0 aliphatic rings. The Kier molecular flexibility index (Phi) is 3.65. The number of ether oxygens (including phenoxy) is 2. The van der Waals surface area contributed by atoms with E-state index in [1.54, 1.807) is 23.7 Å². The fourth-order valence-corrected chi connectivity index (χ4v) is 2.18. The molecule has 6 nitrogen and oxygen atoms in total. The molecule has 1 aromatic carbocycles. The molecule has 0 atom stereocenters. The lowest BCUT2D eigenvalue weighted by Crippen LogP contribution is -2.15. The topological polar surface area (TPSA) is 77.8 Å². The summed E-state index contributed by atoms with van der Waals surface area (Å²) >= 11 is 0. The van der Waals surface area contributed by atoms with E-state index >= 15 is 0 Å². The van der Waals surface area contributed by atoms with Gasteiger partial charge < -0.3 is 19.1 Å². The zero-order valence-electron chi connectivity index (χ0n) is 11.5. The summed E-state index contributed by atoms with van der Waals surface area (Å²) in [7, 11) is 4.70. The summed E-state index contributed by atoms with van der Waals surface area (Å²) in [5.41, 5.74) is 0.710. The largest absolute Gasteiger partial charge is 0.497 e. The first kappa shape index (κ1) is 13.9. The molecule has 0 aliphatic carbocycles. The molecule has 0 amide bonds. The lowest BCUT2D eigenvalue weighted by Gasteiger charge is -2.15. The number of carboxylic acid groups (broad SMARTS) is 1. The van der Waals surface area contributed by atoms with Crippen molar-refractivity contribution in [3.05, 3.63) is 34.1 Å². The molecule has 0 radical (unpaired) electrons. The van der Waals surface area contributed by atoms with Gasteiger partial charge in [-0.15, -0.1) is 0 Å². The van der Waals surface area contributed by atoms with Gasteiger partial charge in [-0.25, -0.2) is 0 Å². The standard InChI is InChI=1S/C14H15NO5/c1-15-8(5-13(17)18)4-11(16)10-6-9(19-2)7-12(20-3)14(10)15/h4,6-7H,5H2,1-3H3,(H,17,18). The summed E-state index contributed by atoms with van der Waals surface area (Å²) in [6, 6.07) is 4.60. The van der Waals surface area contributed by atoms with E-state index < -0.39 is 5.97 Å². The van der Waals surface area contributed by atoms with E-state index in [0.29, 0.717) is 28.1 Å². The van der Waals surface area contributed by atoms with Gasteiger partial charge in [0.25, 0.3) is 0 Å². The van der Waals surface area contributed by atoms with Gasteiger partial charge in [-0.2, -0.15) is 0 Å². The molecule has 0 spiro atoms. The van der Waals surface area contributed by atoms with Crippen LogP contribution in [-0.2, 0) is 18.3 Å². The number of benzene rings is 1. The number of hydrogen-bond acceptors (Lipinski definition) is 4. The number of fused-ring (bicyclic) bond motifs is 1. The summed E-state index contributed by atoms with van der Waals surface area (Å²) in [4.78, 5) is 23.0. The molecule has 6 heteroatoms. The van der Waals surface area contributed by atoms with Crippen molar-refractivity contribution in [2.75, 3.05) is 14.2 Å². The number of carbonyl (C=O) groups is 1. The minimum Gasteiger partial charge on any atom is -0.497 e. The fraction of sp³-hybridized carbons (Fsp3) is 0.286. The van der Waals surface area contributed by atoms with Crippen LogP contribution in [0.5, 0.6) is 11.5 Å². The molecule has 20 heavy (non-hydrogen) atoms. The molecule has 0 saturated carbocycles. The summed E-state index contributed by atoms with van der Waals surface area (Å²) in [5.74, 6) is -0.0181. The van der Waals surface area contributed by atoms with Crippen molar-refractivity contribution in [2.24, 2.45) is 7.05 Å². The van der Waals surface area contributed by atoms with Gasteiger partial charge >= 0.3 is 5.97 Å². The SMILES string of the molecule is COc1cc(OC)c2c(c1)c(=O)cc(CC(=O)O)n2C. The van der Waals surface area contributed by atoms with Gasteiger partial charge in [0.2, 0.25) is 0 Å². The highest BCUT2D eigenvalue weighted by molar-refractivity contribution is 5.87. The maximum absolute atomic E-state index is 12.2. The molecule has 1 heterocycles. The van der Waals surface area contributed by atoms with Crippen molar-refractivity contribution in [3.8, 4) is 11.5 Å². The maximum Gasteiger partial charge on any atom is 0.309 e. The molecule has 0 bridgehead atoms. The average molecular weight is 277 g/mol. The zero-order chi connectivity index (χ0) is 14.9. The molecule has 1 aromatic heterocycles. The van der Waals surface area contributed by atoms with Crippen LogP contribution in [0.2, 0.25) is 0 Å². The summed E-state index contributed by atoms with van der Waals surface area (Å²) < 4.78 is 12.1. The number of nitrogens with zero attached hydrogens (tertiary/aromatic N) is 1. The maximum atomic E-state index is 12.2. The van der Waals surface area contributed by atoms with Crippen LogP contribution in [0.15, 0.2) is 23.0 Å². The second-order valence-corrected chi connectivity index (χ2v) is 4.36. The Morgan fingerprint density at radius 3 is 2.50 bits per heavy atom. The Labute approximate surface area is 115 Å². The third-order valence-corrected chi connectivity index (χ3v) is 3.17. The molecule has 0 fully saturated rings. The number of pyridine rings is 1. The van der Waals surface area contributed by atoms with Crippen LogP contribution < -0.4 is 14.9 Å². The molecule has 0 unspecified atom stereocenters. The van der Waals surface area contributed by atoms with Crippen molar-refractivity contribution >= 4 is 16.9 Å². The van der Waals surface area contributed by atoms with E-state index in [2.05, 4.69) is 0 Å². The Balaban J connectivity index is 2.85. The van der Waals surface area contributed by atoms with E-state index in [1.165, 1.54) is 20.3 Å². The van der Waals surface area contributed by atoms with Crippen LogP contribution >= 0.6 is 0 Å². The fourth-order valence-electron chi connectivity index (χ4n) is 2.18. The lowest BCUT2D eigenvalue weighted by molar-refractivity contribution is -0.136. The second kappa shape index (κ2) is 5.24. The quantitative estimate of drug-likeness (QED) is 0.908. The minimum atomic E-state index is -0.994. The molecule has 2 aromatic rings. The van der Waals surface area contributed by atoms with Crippen molar-refractivity contribution in [2.45, 2.75) is 6.42 Å². The van der Waals surface area contributed by atoms with Gasteiger partial charge in [-0.1, -0.05) is 0 Å². The van der Waals surface area contributed by atoms with Crippen LogP contribution in [0.25, 0.3) is 10.9 Å². The average Bonchev–Trinajstić information content (AvgIpc) is 2.42. The Bertz CT molecular complexity index is 732. The second-order valence-electron chi connectivity index (χ2n) is 4.36. The van der Waals surface area contributed by atoms with E-state index in [0.717, 1.165) is 0 Å². The van der Waals surface area contributed by atoms with Crippen LogP contribution in [-0.4, -0.2) is 29.9 Å². The molecule has 106 valence electrons. The van der Waals surface area contributed by atoms with Gasteiger partial charge in [0.1, 0.15) is 11.5 Å². The van der Waals surface area contributed by atoms with Gasteiger partial charge in [0, 0.05) is 24.9 Å². The summed E-state index contributed by atoms with van der Waals surface area (Å²) in [6.07, 6.45) is -0.225. The number of carboxylic acids is 1. The highest BCUT2D eigenvalue weighted by Gasteiger charge is 2.14. The first-order valence-corrected chi connectivity index (χ1v) is 5.94. The normalized spacial score (nSPS) is 10.6. The van der Waals surface area contributed by atoms with E-state index in [4.69, 9.17) is 14.6 Å². The van der Waals surface area contributed by atoms with E-state index in [-0.39, 0.29) is 11.8 Å². The van der Waals surface area contributed by atoms with Gasteiger partial charge in [0.15, 0.2) is 5.43 Å². The lowest BCUT2D eigenvalue weighted by atomic mass is 10.1. The van der Waals surface area contributed by atoms with Crippen LogP contribution in [0, 0.1) is 0 Å². The predicted molar refractivity (Wildman–Crippen MR) is 73.6 cm³/mol. The number of methoxy groups -OCH3 is 2. The smallest absolute Gasteiger partial charge is 0.309 e. The number of hydrogen-bond donors (Lipinski definition) is 1. The van der Waals surface area contributed by atoms with Crippen molar-refractivity contribution in [1.82, 2.24) is 4.57 Å². The van der Waals surface area contributed by atoms with Crippen LogP contribution in [0.3, 0.4) is 0 Å².